The number of nitrogens with two attached hydrogens (primary N) is 1. The van der Waals surface area contributed by atoms with E-state index in [1.54, 1.807) is 18.2 Å². The van der Waals surface area contributed by atoms with Crippen LogP contribution >= 0.6 is 0 Å². The van der Waals surface area contributed by atoms with Crippen LogP contribution < -0.4 is 10.5 Å². The SMILES string of the molecule is Cc1cc(Oc2ccc(CN)c(F)c2)n2ncnc2n1. The second kappa shape index (κ2) is 4.86. The van der Waals surface area contributed by atoms with E-state index in [-0.39, 0.29) is 6.54 Å². The highest BCUT2D eigenvalue weighted by Crippen LogP contribution is 2.23. The number of nitrogens with zero attached hydrogens (tertiary/aromatic N) is 4. The number of ether oxygens (including phenoxy) is 1. The summed E-state index contributed by atoms with van der Waals surface area (Å²) in [5.74, 6) is 0.816. The van der Waals surface area contributed by atoms with Gasteiger partial charge in [0, 0.05) is 29.9 Å². The number of benzene rings is 1. The van der Waals surface area contributed by atoms with Gasteiger partial charge in [0.1, 0.15) is 17.9 Å². The van der Waals surface area contributed by atoms with Crippen molar-refractivity contribution in [3.8, 4) is 11.6 Å². The maximum Gasteiger partial charge on any atom is 0.255 e. The first-order valence-corrected chi connectivity index (χ1v) is 6.01. The van der Waals surface area contributed by atoms with Gasteiger partial charge in [0.2, 0.25) is 5.88 Å². The van der Waals surface area contributed by atoms with E-state index in [2.05, 4.69) is 15.1 Å². The number of rotatable bonds is 3. The van der Waals surface area contributed by atoms with Gasteiger partial charge in [0.25, 0.3) is 5.78 Å². The Bertz CT molecular complexity index is 771. The summed E-state index contributed by atoms with van der Waals surface area (Å²) >= 11 is 0. The van der Waals surface area contributed by atoms with Crippen LogP contribution in [0.1, 0.15) is 11.3 Å². The topological polar surface area (TPSA) is 78.3 Å². The predicted octanol–water partition coefficient (Wildman–Crippen LogP) is 1.82. The van der Waals surface area contributed by atoms with Gasteiger partial charge in [0.15, 0.2) is 0 Å². The Kier molecular flexibility index (Phi) is 3.03. The van der Waals surface area contributed by atoms with Crippen LogP contribution in [0.4, 0.5) is 4.39 Å². The molecule has 3 aromatic rings. The third-order valence-electron chi connectivity index (χ3n) is 2.81. The van der Waals surface area contributed by atoms with Crippen LogP contribution in [0.25, 0.3) is 5.78 Å². The summed E-state index contributed by atoms with van der Waals surface area (Å²) in [6.07, 6.45) is 1.38. The molecule has 2 N–H and O–H groups in total. The number of fused-ring (bicyclic) bond motifs is 1. The molecule has 102 valence electrons. The van der Waals surface area contributed by atoms with E-state index < -0.39 is 5.82 Å². The minimum absolute atomic E-state index is 0.147. The van der Waals surface area contributed by atoms with Crippen molar-refractivity contribution < 1.29 is 9.13 Å². The van der Waals surface area contributed by atoms with Crippen LogP contribution in [0.5, 0.6) is 11.6 Å². The van der Waals surface area contributed by atoms with Gasteiger partial charge in [0.05, 0.1) is 0 Å². The average Bonchev–Trinajstić information content (AvgIpc) is 2.87. The van der Waals surface area contributed by atoms with Crippen molar-refractivity contribution in [2.24, 2.45) is 5.73 Å². The Morgan fingerprint density at radius 2 is 2.20 bits per heavy atom. The van der Waals surface area contributed by atoms with Gasteiger partial charge in [-0.05, 0) is 13.0 Å². The van der Waals surface area contributed by atoms with Crippen LogP contribution in [0.15, 0.2) is 30.6 Å². The van der Waals surface area contributed by atoms with Crippen LogP contribution in [-0.2, 0) is 6.54 Å². The molecule has 0 fully saturated rings. The number of hydrogen-bond donors (Lipinski definition) is 1. The first-order chi connectivity index (χ1) is 9.67. The van der Waals surface area contributed by atoms with E-state index in [0.717, 1.165) is 5.69 Å². The summed E-state index contributed by atoms with van der Waals surface area (Å²) in [7, 11) is 0. The zero-order valence-corrected chi connectivity index (χ0v) is 10.7. The molecule has 20 heavy (non-hydrogen) atoms. The normalized spacial score (nSPS) is 10.9. The molecule has 0 radical (unpaired) electrons. The van der Waals surface area contributed by atoms with Crippen LogP contribution in [0.3, 0.4) is 0 Å². The Labute approximate surface area is 114 Å². The second-order valence-electron chi connectivity index (χ2n) is 4.27. The molecule has 0 bridgehead atoms. The molecule has 0 saturated carbocycles. The average molecular weight is 273 g/mol. The molecule has 0 spiro atoms. The maximum absolute atomic E-state index is 13.7. The minimum Gasteiger partial charge on any atom is -0.439 e. The smallest absolute Gasteiger partial charge is 0.255 e. The van der Waals surface area contributed by atoms with Crippen molar-refractivity contribution in [2.45, 2.75) is 13.5 Å². The lowest BCUT2D eigenvalue weighted by atomic mass is 10.2. The molecule has 0 saturated heterocycles. The molecule has 0 aliphatic rings. The van der Waals surface area contributed by atoms with Crippen LogP contribution in [0.2, 0.25) is 0 Å². The summed E-state index contributed by atoms with van der Waals surface area (Å²) < 4.78 is 20.8. The van der Waals surface area contributed by atoms with Crippen molar-refractivity contribution in [1.29, 1.82) is 0 Å². The molecule has 0 aliphatic carbocycles. The van der Waals surface area contributed by atoms with E-state index in [4.69, 9.17) is 10.5 Å². The van der Waals surface area contributed by atoms with Crippen LogP contribution in [-0.4, -0.2) is 19.6 Å². The van der Waals surface area contributed by atoms with Crippen molar-refractivity contribution in [1.82, 2.24) is 19.6 Å². The van der Waals surface area contributed by atoms with E-state index in [1.165, 1.54) is 16.9 Å². The molecule has 7 heteroatoms. The van der Waals surface area contributed by atoms with Gasteiger partial charge in [-0.3, -0.25) is 0 Å². The van der Waals surface area contributed by atoms with E-state index >= 15 is 0 Å². The first-order valence-electron chi connectivity index (χ1n) is 6.01. The van der Waals surface area contributed by atoms with Crippen molar-refractivity contribution in [2.75, 3.05) is 0 Å². The largest absolute Gasteiger partial charge is 0.439 e. The molecular formula is C13H12FN5O. The quantitative estimate of drug-likeness (QED) is 0.787. The van der Waals surface area contributed by atoms with Gasteiger partial charge >= 0.3 is 0 Å². The van der Waals surface area contributed by atoms with E-state index in [0.29, 0.717) is 23.0 Å². The number of aryl methyl sites for hydroxylation is 1. The number of halogens is 1. The summed E-state index contributed by atoms with van der Waals surface area (Å²) in [4.78, 5) is 8.20. The lowest BCUT2D eigenvalue weighted by molar-refractivity contribution is 0.440. The van der Waals surface area contributed by atoms with Crippen molar-refractivity contribution in [3.63, 3.8) is 0 Å². The highest BCUT2D eigenvalue weighted by molar-refractivity contribution is 5.36. The molecular weight excluding hydrogens is 261 g/mol. The molecule has 0 atom stereocenters. The molecule has 2 aromatic heterocycles. The van der Waals surface area contributed by atoms with Gasteiger partial charge in [-0.1, -0.05) is 6.07 Å². The van der Waals surface area contributed by atoms with Crippen molar-refractivity contribution >= 4 is 5.78 Å². The standard InChI is InChI=1S/C13H12FN5O/c1-8-4-12(19-13(18-8)16-7-17-19)20-10-3-2-9(6-15)11(14)5-10/h2-5,7H,6,15H2,1H3. The summed E-state index contributed by atoms with van der Waals surface area (Å²) in [6.45, 7) is 1.97. The first kappa shape index (κ1) is 12.5. The molecule has 1 aromatic carbocycles. The molecule has 0 amide bonds. The Balaban J connectivity index is 2.00. The van der Waals surface area contributed by atoms with E-state index in [1.807, 2.05) is 6.92 Å². The lowest BCUT2D eigenvalue weighted by Gasteiger charge is -2.08. The molecule has 2 heterocycles. The fraction of sp³-hybridized carbons (Fsp3) is 0.154. The minimum atomic E-state index is -0.398. The third kappa shape index (κ3) is 2.19. The molecule has 6 nitrogen and oxygen atoms in total. The van der Waals surface area contributed by atoms with Crippen molar-refractivity contribution in [3.05, 3.63) is 47.7 Å². The van der Waals surface area contributed by atoms with E-state index in [9.17, 15) is 4.39 Å². The molecule has 3 rings (SSSR count). The van der Waals surface area contributed by atoms with Gasteiger partial charge in [-0.2, -0.15) is 14.6 Å². The summed E-state index contributed by atoms with van der Waals surface area (Å²) in [5.41, 5.74) is 6.60. The highest BCUT2D eigenvalue weighted by Gasteiger charge is 2.09. The Morgan fingerprint density at radius 1 is 1.35 bits per heavy atom. The van der Waals surface area contributed by atoms with Gasteiger partial charge in [-0.25, -0.2) is 9.37 Å². The lowest BCUT2D eigenvalue weighted by Crippen LogP contribution is -2.01. The zero-order chi connectivity index (χ0) is 14.1. The molecule has 0 unspecified atom stereocenters. The highest BCUT2D eigenvalue weighted by atomic mass is 19.1. The Morgan fingerprint density at radius 3 is 2.95 bits per heavy atom. The number of aromatic nitrogens is 4. The predicted molar refractivity (Wildman–Crippen MR) is 69.9 cm³/mol. The third-order valence-corrected chi connectivity index (χ3v) is 2.81. The Hall–Kier alpha value is -2.54. The monoisotopic (exact) mass is 273 g/mol. The summed E-state index contributed by atoms with van der Waals surface area (Å²) in [5, 5.41) is 4.02. The van der Waals surface area contributed by atoms with Gasteiger partial charge in [-0.15, -0.1) is 0 Å². The second-order valence-corrected chi connectivity index (χ2v) is 4.27. The molecule has 0 aliphatic heterocycles. The van der Waals surface area contributed by atoms with Crippen LogP contribution in [0, 0.1) is 12.7 Å². The summed E-state index contributed by atoms with van der Waals surface area (Å²) in [6, 6.07) is 6.25. The fourth-order valence-corrected chi connectivity index (χ4v) is 1.85. The zero-order valence-electron chi connectivity index (χ0n) is 10.7. The number of hydrogen-bond acceptors (Lipinski definition) is 5. The fourth-order valence-electron chi connectivity index (χ4n) is 1.85. The van der Waals surface area contributed by atoms with Gasteiger partial charge < -0.3 is 10.5 Å². The maximum atomic E-state index is 13.7.